The molecule has 10 heteroatoms. The fraction of sp³-hybridized carbons (Fsp3) is 0.273. The van der Waals surface area contributed by atoms with Gasteiger partial charge < -0.3 is 20.5 Å². The van der Waals surface area contributed by atoms with Crippen LogP contribution in [0.25, 0.3) is 0 Å². The molecule has 0 aliphatic rings. The van der Waals surface area contributed by atoms with Gasteiger partial charge in [-0.05, 0) is 6.07 Å². The Morgan fingerprint density at radius 2 is 2.14 bits per heavy atom. The minimum absolute atomic E-state index is 0.0215. The summed E-state index contributed by atoms with van der Waals surface area (Å²) in [7, 11) is 0. The number of ether oxygens (including phenoxy) is 1. The summed E-state index contributed by atoms with van der Waals surface area (Å²) in [6, 6.07) is 2.05. The lowest BCUT2D eigenvalue weighted by molar-refractivity contribution is -0.385. The fourth-order valence-electron chi connectivity index (χ4n) is 1.28. The third-order valence-corrected chi connectivity index (χ3v) is 2.17. The summed E-state index contributed by atoms with van der Waals surface area (Å²) in [5, 5.41) is 23.2. The van der Waals surface area contributed by atoms with Crippen molar-refractivity contribution in [2.45, 2.75) is 0 Å². The van der Waals surface area contributed by atoms with Gasteiger partial charge in [-0.2, -0.15) is 0 Å². The van der Waals surface area contributed by atoms with Gasteiger partial charge in [-0.1, -0.05) is 0 Å². The number of aliphatic carboxylic acids is 1. The van der Waals surface area contributed by atoms with Crippen molar-refractivity contribution in [3.05, 3.63) is 34.1 Å². The molecule has 0 saturated heterocycles. The van der Waals surface area contributed by atoms with Crippen molar-refractivity contribution < 1.29 is 28.7 Å². The van der Waals surface area contributed by atoms with Crippen molar-refractivity contribution in [2.24, 2.45) is 0 Å². The lowest BCUT2D eigenvalue weighted by Crippen LogP contribution is -2.32. The SMILES string of the molecule is O=C(O)COCCNC(=O)Nc1ccc([N+](=O)[O-])cc1F. The van der Waals surface area contributed by atoms with Gasteiger partial charge in [0.2, 0.25) is 0 Å². The standard InChI is InChI=1S/C11H12FN3O6/c12-8-5-7(15(19)20)1-2-9(8)14-11(18)13-3-4-21-6-10(16)17/h1-2,5H,3-4,6H2,(H,16,17)(H2,13,14,18). The van der Waals surface area contributed by atoms with Crippen molar-refractivity contribution in [3.8, 4) is 0 Å². The number of nitrogens with one attached hydrogen (secondary N) is 2. The van der Waals surface area contributed by atoms with Gasteiger partial charge in [-0.25, -0.2) is 14.0 Å². The topological polar surface area (TPSA) is 131 Å². The van der Waals surface area contributed by atoms with Crippen molar-refractivity contribution in [2.75, 3.05) is 25.1 Å². The number of carbonyl (C=O) groups excluding carboxylic acids is 1. The van der Waals surface area contributed by atoms with Crippen molar-refractivity contribution in [1.29, 1.82) is 0 Å². The number of nitro groups is 1. The molecule has 1 aromatic carbocycles. The molecule has 0 unspecified atom stereocenters. The predicted molar refractivity (Wildman–Crippen MR) is 68.5 cm³/mol. The second-order valence-corrected chi connectivity index (χ2v) is 3.75. The van der Waals surface area contributed by atoms with Gasteiger partial charge in [-0.3, -0.25) is 10.1 Å². The molecule has 2 amide bonds. The summed E-state index contributed by atoms with van der Waals surface area (Å²) >= 11 is 0. The monoisotopic (exact) mass is 301 g/mol. The molecular formula is C11H12FN3O6. The Morgan fingerprint density at radius 3 is 2.71 bits per heavy atom. The van der Waals surface area contributed by atoms with Gasteiger partial charge in [0.25, 0.3) is 5.69 Å². The van der Waals surface area contributed by atoms with Crippen molar-refractivity contribution >= 4 is 23.4 Å². The maximum atomic E-state index is 13.5. The number of carbonyl (C=O) groups is 2. The third-order valence-electron chi connectivity index (χ3n) is 2.17. The molecule has 0 fully saturated rings. The molecule has 114 valence electrons. The van der Waals surface area contributed by atoms with Crippen LogP contribution in [0.4, 0.5) is 20.6 Å². The van der Waals surface area contributed by atoms with Crippen LogP contribution in [0.5, 0.6) is 0 Å². The summed E-state index contributed by atoms with van der Waals surface area (Å²) < 4.78 is 18.1. The first kappa shape index (κ1) is 16.3. The van der Waals surface area contributed by atoms with Gasteiger partial charge in [0, 0.05) is 12.6 Å². The Labute approximate surface area is 117 Å². The number of amides is 2. The van der Waals surface area contributed by atoms with Crippen LogP contribution in [-0.4, -0.2) is 41.8 Å². The fourth-order valence-corrected chi connectivity index (χ4v) is 1.28. The Hall–Kier alpha value is -2.75. The Morgan fingerprint density at radius 1 is 1.43 bits per heavy atom. The number of non-ortho nitro benzene ring substituents is 1. The molecule has 9 nitrogen and oxygen atoms in total. The van der Waals surface area contributed by atoms with E-state index in [1.54, 1.807) is 0 Å². The van der Waals surface area contributed by atoms with Gasteiger partial charge in [-0.15, -0.1) is 0 Å². The number of urea groups is 1. The predicted octanol–water partition coefficient (Wildman–Crippen LogP) is 0.957. The highest BCUT2D eigenvalue weighted by Gasteiger charge is 2.12. The number of hydrogen-bond donors (Lipinski definition) is 3. The quantitative estimate of drug-likeness (QED) is 0.390. The van der Waals surface area contributed by atoms with E-state index in [2.05, 4.69) is 15.4 Å². The van der Waals surface area contributed by atoms with E-state index in [-0.39, 0.29) is 18.8 Å². The molecule has 21 heavy (non-hydrogen) atoms. The molecule has 0 atom stereocenters. The number of benzene rings is 1. The molecule has 0 saturated carbocycles. The summed E-state index contributed by atoms with van der Waals surface area (Å²) in [5.41, 5.74) is -0.648. The van der Waals surface area contributed by atoms with Crippen LogP contribution in [0.2, 0.25) is 0 Å². The van der Waals surface area contributed by atoms with Gasteiger partial charge in [0.05, 0.1) is 23.3 Å². The summed E-state index contributed by atoms with van der Waals surface area (Å²) in [6.07, 6.45) is 0. The summed E-state index contributed by atoms with van der Waals surface area (Å²) in [6.45, 7) is -0.490. The molecular weight excluding hydrogens is 289 g/mol. The number of nitrogens with zero attached hydrogens (tertiary/aromatic N) is 1. The minimum atomic E-state index is -1.13. The van der Waals surface area contributed by atoms with Gasteiger partial charge in [0.15, 0.2) is 5.82 Å². The molecule has 0 aromatic heterocycles. The van der Waals surface area contributed by atoms with E-state index < -0.39 is 35.0 Å². The average Bonchev–Trinajstić information content (AvgIpc) is 2.40. The second kappa shape index (κ2) is 7.75. The van der Waals surface area contributed by atoms with E-state index >= 15 is 0 Å². The zero-order chi connectivity index (χ0) is 15.8. The lowest BCUT2D eigenvalue weighted by atomic mass is 10.2. The highest BCUT2D eigenvalue weighted by atomic mass is 19.1. The highest BCUT2D eigenvalue weighted by Crippen LogP contribution is 2.20. The lowest BCUT2D eigenvalue weighted by Gasteiger charge is -2.08. The van der Waals surface area contributed by atoms with E-state index in [4.69, 9.17) is 5.11 Å². The Bertz CT molecular complexity index is 551. The summed E-state index contributed by atoms with van der Waals surface area (Å²) in [5.74, 6) is -2.08. The van der Waals surface area contributed by atoms with Gasteiger partial charge in [0.1, 0.15) is 6.61 Å². The van der Waals surface area contributed by atoms with Crippen LogP contribution >= 0.6 is 0 Å². The van der Waals surface area contributed by atoms with Crippen molar-refractivity contribution in [1.82, 2.24) is 5.32 Å². The molecule has 0 aliphatic heterocycles. The average molecular weight is 301 g/mol. The largest absolute Gasteiger partial charge is 0.480 e. The van der Waals surface area contributed by atoms with Crippen LogP contribution in [0, 0.1) is 15.9 Å². The van der Waals surface area contributed by atoms with Gasteiger partial charge >= 0.3 is 12.0 Å². The van der Waals surface area contributed by atoms with Crippen LogP contribution in [0.3, 0.4) is 0 Å². The number of carboxylic acids is 1. The third kappa shape index (κ3) is 5.82. The summed E-state index contributed by atoms with van der Waals surface area (Å²) in [4.78, 5) is 31.2. The molecule has 1 aromatic rings. The number of nitro benzene ring substituents is 1. The number of anilines is 1. The number of hydrogen-bond acceptors (Lipinski definition) is 5. The second-order valence-electron chi connectivity index (χ2n) is 3.75. The first-order valence-corrected chi connectivity index (χ1v) is 5.68. The Balaban J connectivity index is 2.41. The molecule has 3 N–H and O–H groups in total. The molecule has 0 aliphatic carbocycles. The maximum absolute atomic E-state index is 13.5. The molecule has 0 bridgehead atoms. The zero-order valence-electron chi connectivity index (χ0n) is 10.7. The Kier molecular flexibility index (Phi) is 6.01. The normalized spacial score (nSPS) is 9.95. The number of rotatable bonds is 7. The van der Waals surface area contributed by atoms with Crippen LogP contribution in [0.15, 0.2) is 18.2 Å². The van der Waals surface area contributed by atoms with Crippen LogP contribution in [-0.2, 0) is 9.53 Å². The van der Waals surface area contributed by atoms with E-state index in [0.29, 0.717) is 6.07 Å². The maximum Gasteiger partial charge on any atom is 0.329 e. The first-order valence-electron chi connectivity index (χ1n) is 5.68. The minimum Gasteiger partial charge on any atom is -0.480 e. The zero-order valence-corrected chi connectivity index (χ0v) is 10.7. The molecule has 0 radical (unpaired) electrons. The van der Waals surface area contributed by atoms with Crippen molar-refractivity contribution in [3.63, 3.8) is 0 Å². The number of carboxylic acid groups (broad SMARTS) is 1. The number of halogens is 1. The highest BCUT2D eigenvalue weighted by molar-refractivity contribution is 5.89. The van der Waals surface area contributed by atoms with E-state index in [9.17, 15) is 24.1 Å². The smallest absolute Gasteiger partial charge is 0.329 e. The van der Waals surface area contributed by atoms with Crippen LogP contribution < -0.4 is 10.6 Å². The first-order chi connectivity index (χ1) is 9.90. The van der Waals surface area contributed by atoms with E-state index in [0.717, 1.165) is 12.1 Å². The van der Waals surface area contributed by atoms with E-state index in [1.165, 1.54) is 0 Å². The van der Waals surface area contributed by atoms with E-state index in [1.807, 2.05) is 0 Å². The van der Waals surface area contributed by atoms with Crippen LogP contribution in [0.1, 0.15) is 0 Å². The molecule has 0 heterocycles. The molecule has 1 rings (SSSR count). The molecule has 0 spiro atoms.